The van der Waals surface area contributed by atoms with Crippen LogP contribution in [0.5, 0.6) is 0 Å². The molecule has 0 aliphatic carbocycles. The number of hydrogen-bond donors (Lipinski definition) is 1. The Labute approximate surface area is 123 Å². The molecule has 2 aromatic carbocycles. The molecule has 3 heteroatoms. The molecule has 0 fully saturated rings. The van der Waals surface area contributed by atoms with Crippen molar-refractivity contribution in [2.45, 2.75) is 11.3 Å². The molecule has 20 heavy (non-hydrogen) atoms. The second kappa shape index (κ2) is 7.42. The fourth-order valence-electron chi connectivity index (χ4n) is 1.69. The lowest BCUT2D eigenvalue weighted by molar-refractivity contribution is -0.115. The highest BCUT2D eigenvalue weighted by Crippen LogP contribution is 2.18. The number of carbonyl (C=O) groups excluding carboxylic acids is 1. The van der Waals surface area contributed by atoms with E-state index in [9.17, 15) is 4.79 Å². The highest BCUT2D eigenvalue weighted by atomic mass is 32.2. The molecule has 0 aliphatic rings. The molecule has 0 aliphatic heterocycles. The minimum atomic E-state index is 0.00241. The lowest BCUT2D eigenvalue weighted by Gasteiger charge is -2.05. The maximum Gasteiger partial charge on any atom is 0.225 e. The maximum atomic E-state index is 11.8. The Bertz CT molecular complexity index is 616. The van der Waals surface area contributed by atoms with E-state index in [-0.39, 0.29) is 5.91 Å². The van der Waals surface area contributed by atoms with E-state index < -0.39 is 0 Å². The number of benzene rings is 2. The predicted octanol–water partition coefficient (Wildman–Crippen LogP) is 3.79. The van der Waals surface area contributed by atoms with Crippen molar-refractivity contribution < 1.29 is 4.79 Å². The molecule has 0 aromatic heterocycles. The molecule has 0 spiro atoms. The quantitative estimate of drug-likeness (QED) is 0.667. The molecule has 0 bridgehead atoms. The van der Waals surface area contributed by atoms with E-state index >= 15 is 0 Å². The summed E-state index contributed by atoms with van der Waals surface area (Å²) in [5.41, 5.74) is 1.51. The van der Waals surface area contributed by atoms with Gasteiger partial charge in [-0.2, -0.15) is 0 Å². The van der Waals surface area contributed by atoms with Gasteiger partial charge in [0.1, 0.15) is 0 Å². The number of thioether (sulfide) groups is 1. The summed E-state index contributed by atoms with van der Waals surface area (Å²) in [6.07, 6.45) is 5.80. The second-order valence-electron chi connectivity index (χ2n) is 4.18. The van der Waals surface area contributed by atoms with E-state index in [4.69, 9.17) is 6.42 Å². The molecular weight excluding hydrogens is 266 g/mol. The molecule has 1 amide bonds. The highest BCUT2D eigenvalue weighted by Gasteiger charge is 2.03. The van der Waals surface area contributed by atoms with E-state index in [0.717, 1.165) is 17.0 Å². The van der Waals surface area contributed by atoms with Crippen molar-refractivity contribution in [2.24, 2.45) is 0 Å². The smallest absolute Gasteiger partial charge is 0.225 e. The van der Waals surface area contributed by atoms with Crippen molar-refractivity contribution in [2.75, 3.05) is 11.1 Å². The zero-order valence-electron chi connectivity index (χ0n) is 11.0. The lowest BCUT2D eigenvalue weighted by Crippen LogP contribution is -2.12. The minimum absolute atomic E-state index is 0.00241. The van der Waals surface area contributed by atoms with Gasteiger partial charge in [0.05, 0.1) is 0 Å². The molecule has 0 atom stereocenters. The number of rotatable bonds is 5. The van der Waals surface area contributed by atoms with Gasteiger partial charge < -0.3 is 5.32 Å². The zero-order valence-corrected chi connectivity index (χ0v) is 11.8. The molecule has 2 nitrogen and oxygen atoms in total. The van der Waals surface area contributed by atoms with Crippen molar-refractivity contribution in [3.63, 3.8) is 0 Å². The van der Waals surface area contributed by atoms with Crippen LogP contribution in [0.15, 0.2) is 59.5 Å². The Kier molecular flexibility index (Phi) is 5.28. The Balaban J connectivity index is 1.79. The van der Waals surface area contributed by atoms with Gasteiger partial charge in [-0.25, -0.2) is 0 Å². The van der Waals surface area contributed by atoms with Crippen molar-refractivity contribution >= 4 is 23.4 Å². The first-order valence-electron chi connectivity index (χ1n) is 6.32. The van der Waals surface area contributed by atoms with Gasteiger partial charge in [-0.15, -0.1) is 18.2 Å². The Morgan fingerprint density at radius 1 is 1.15 bits per heavy atom. The van der Waals surface area contributed by atoms with Gasteiger partial charge >= 0.3 is 0 Å². The predicted molar refractivity (Wildman–Crippen MR) is 84.8 cm³/mol. The van der Waals surface area contributed by atoms with Crippen molar-refractivity contribution in [3.8, 4) is 12.3 Å². The molecule has 2 aromatic rings. The average molecular weight is 281 g/mol. The van der Waals surface area contributed by atoms with E-state index in [1.165, 1.54) is 4.90 Å². The van der Waals surface area contributed by atoms with Crippen LogP contribution in [-0.4, -0.2) is 11.7 Å². The van der Waals surface area contributed by atoms with Crippen LogP contribution in [0, 0.1) is 12.3 Å². The standard InChI is InChI=1S/C17H15NOS/c1-2-14-7-6-8-15(13-14)18-17(19)11-12-20-16-9-4-3-5-10-16/h1,3-10,13H,11-12H2,(H,18,19). The monoisotopic (exact) mass is 281 g/mol. The number of terminal acetylenes is 1. The summed E-state index contributed by atoms with van der Waals surface area (Å²) in [5, 5.41) is 2.86. The largest absolute Gasteiger partial charge is 0.326 e. The summed E-state index contributed by atoms with van der Waals surface area (Å²) in [6, 6.07) is 17.4. The molecule has 0 saturated heterocycles. The molecule has 0 saturated carbocycles. The molecular formula is C17H15NOS. The van der Waals surface area contributed by atoms with Crippen molar-refractivity contribution in [3.05, 3.63) is 60.2 Å². The van der Waals surface area contributed by atoms with Crippen LogP contribution in [0.2, 0.25) is 0 Å². The number of amides is 1. The van der Waals surface area contributed by atoms with Crippen LogP contribution < -0.4 is 5.32 Å². The van der Waals surface area contributed by atoms with E-state index in [1.54, 1.807) is 17.8 Å². The zero-order chi connectivity index (χ0) is 14.2. The lowest BCUT2D eigenvalue weighted by atomic mass is 10.2. The molecule has 0 radical (unpaired) electrons. The third-order valence-electron chi connectivity index (χ3n) is 2.65. The number of nitrogens with one attached hydrogen (secondary N) is 1. The van der Waals surface area contributed by atoms with Crippen molar-refractivity contribution in [1.82, 2.24) is 0 Å². The maximum absolute atomic E-state index is 11.8. The Morgan fingerprint density at radius 2 is 1.95 bits per heavy atom. The van der Waals surface area contributed by atoms with Gasteiger partial charge in [0.15, 0.2) is 0 Å². The van der Waals surface area contributed by atoms with Gasteiger partial charge in [0.25, 0.3) is 0 Å². The van der Waals surface area contributed by atoms with Gasteiger partial charge in [-0.05, 0) is 30.3 Å². The molecule has 0 unspecified atom stereocenters. The summed E-state index contributed by atoms with van der Waals surface area (Å²) >= 11 is 1.67. The second-order valence-corrected chi connectivity index (χ2v) is 5.35. The Morgan fingerprint density at radius 3 is 2.70 bits per heavy atom. The first-order valence-corrected chi connectivity index (χ1v) is 7.31. The van der Waals surface area contributed by atoms with Crippen LogP contribution in [0.1, 0.15) is 12.0 Å². The Hall–Kier alpha value is -2.18. The number of anilines is 1. The average Bonchev–Trinajstić information content (AvgIpc) is 2.48. The summed E-state index contributed by atoms with van der Waals surface area (Å²) < 4.78 is 0. The van der Waals surface area contributed by atoms with Crippen LogP contribution in [-0.2, 0) is 4.79 Å². The summed E-state index contributed by atoms with van der Waals surface area (Å²) in [7, 11) is 0. The van der Waals surface area contributed by atoms with Gasteiger partial charge in [-0.3, -0.25) is 4.79 Å². The van der Waals surface area contributed by atoms with Gasteiger partial charge in [0.2, 0.25) is 5.91 Å². The third kappa shape index (κ3) is 4.49. The number of hydrogen-bond acceptors (Lipinski definition) is 2. The molecule has 0 heterocycles. The fraction of sp³-hybridized carbons (Fsp3) is 0.118. The van der Waals surface area contributed by atoms with Gasteiger partial charge in [-0.1, -0.05) is 30.2 Å². The first-order chi connectivity index (χ1) is 9.78. The first kappa shape index (κ1) is 14.2. The van der Waals surface area contributed by atoms with Crippen molar-refractivity contribution in [1.29, 1.82) is 0 Å². The fourth-order valence-corrected chi connectivity index (χ4v) is 2.56. The third-order valence-corrected chi connectivity index (χ3v) is 3.67. The SMILES string of the molecule is C#Cc1cccc(NC(=O)CCSc2ccccc2)c1. The van der Waals surface area contributed by atoms with E-state index in [2.05, 4.69) is 11.2 Å². The van der Waals surface area contributed by atoms with Crippen LogP contribution in [0.25, 0.3) is 0 Å². The van der Waals surface area contributed by atoms with Gasteiger partial charge in [0, 0.05) is 28.3 Å². The van der Waals surface area contributed by atoms with Crippen LogP contribution in [0.3, 0.4) is 0 Å². The summed E-state index contributed by atoms with van der Waals surface area (Å²) in [4.78, 5) is 13.0. The van der Waals surface area contributed by atoms with Crippen LogP contribution >= 0.6 is 11.8 Å². The summed E-state index contributed by atoms with van der Waals surface area (Å²) in [6.45, 7) is 0. The highest BCUT2D eigenvalue weighted by molar-refractivity contribution is 7.99. The van der Waals surface area contributed by atoms with E-state index in [1.807, 2.05) is 48.5 Å². The number of carbonyl (C=O) groups is 1. The topological polar surface area (TPSA) is 29.1 Å². The van der Waals surface area contributed by atoms with E-state index in [0.29, 0.717) is 6.42 Å². The molecule has 100 valence electrons. The normalized spacial score (nSPS) is 9.75. The molecule has 1 N–H and O–H groups in total. The van der Waals surface area contributed by atoms with Crippen LogP contribution in [0.4, 0.5) is 5.69 Å². The minimum Gasteiger partial charge on any atom is -0.326 e. The molecule has 2 rings (SSSR count). The summed E-state index contributed by atoms with van der Waals surface area (Å²) in [5.74, 6) is 3.31.